The van der Waals surface area contributed by atoms with Gasteiger partial charge in [0.1, 0.15) is 11.2 Å². The lowest BCUT2D eigenvalue weighted by Crippen LogP contribution is -2.14. The second-order valence-electron chi connectivity index (χ2n) is 4.51. The third kappa shape index (κ3) is 1.80. The van der Waals surface area contributed by atoms with Crippen molar-refractivity contribution < 1.29 is 4.42 Å². The van der Waals surface area contributed by atoms with Crippen molar-refractivity contribution in [1.82, 2.24) is 14.8 Å². The summed E-state index contributed by atoms with van der Waals surface area (Å²) in [6.07, 6.45) is 0. The Bertz CT molecular complexity index is 820. The van der Waals surface area contributed by atoms with E-state index in [1.165, 1.54) is 4.68 Å². The molecule has 0 aliphatic rings. The molecule has 0 saturated heterocycles. The third-order valence-electron chi connectivity index (χ3n) is 2.88. The maximum absolute atomic E-state index is 12.0. The molecule has 7 nitrogen and oxygen atoms in total. The standard InChI is InChI=1S/C13H13N5O2/c1-17(2)13-15-11-9(12(19)20-13)10(14)18(16-11)8-6-4-3-5-7-8/h3-7H,14H2,1-2H3. The average molecular weight is 271 g/mol. The number of hydrogen-bond acceptors (Lipinski definition) is 6. The predicted molar refractivity (Wildman–Crippen MR) is 76.1 cm³/mol. The fourth-order valence-corrected chi connectivity index (χ4v) is 1.90. The van der Waals surface area contributed by atoms with Crippen molar-refractivity contribution in [2.45, 2.75) is 0 Å². The van der Waals surface area contributed by atoms with E-state index in [9.17, 15) is 4.79 Å². The molecule has 7 heteroatoms. The number of rotatable bonds is 2. The van der Waals surface area contributed by atoms with Crippen LogP contribution in [0.15, 0.2) is 39.5 Å². The Hall–Kier alpha value is -2.83. The van der Waals surface area contributed by atoms with Gasteiger partial charge in [-0.1, -0.05) is 18.2 Å². The molecule has 102 valence electrons. The zero-order valence-electron chi connectivity index (χ0n) is 11.1. The monoisotopic (exact) mass is 271 g/mol. The lowest BCUT2D eigenvalue weighted by atomic mass is 10.3. The first-order valence-corrected chi connectivity index (χ1v) is 6.00. The summed E-state index contributed by atoms with van der Waals surface area (Å²) in [5.41, 5.74) is 6.47. The van der Waals surface area contributed by atoms with E-state index < -0.39 is 5.63 Å². The maximum Gasteiger partial charge on any atom is 0.353 e. The molecule has 0 spiro atoms. The van der Waals surface area contributed by atoms with Gasteiger partial charge in [0, 0.05) is 14.1 Å². The summed E-state index contributed by atoms with van der Waals surface area (Å²) in [5, 5.41) is 4.47. The zero-order valence-corrected chi connectivity index (χ0v) is 11.1. The molecule has 0 amide bonds. The van der Waals surface area contributed by atoms with E-state index in [0.29, 0.717) is 0 Å². The second kappa shape index (κ2) is 4.37. The second-order valence-corrected chi connectivity index (χ2v) is 4.51. The van der Waals surface area contributed by atoms with Gasteiger partial charge in [-0.2, -0.15) is 4.98 Å². The van der Waals surface area contributed by atoms with E-state index in [1.54, 1.807) is 19.0 Å². The lowest BCUT2D eigenvalue weighted by molar-refractivity contribution is 0.502. The molecular weight excluding hydrogens is 258 g/mol. The zero-order chi connectivity index (χ0) is 14.3. The van der Waals surface area contributed by atoms with Crippen LogP contribution in [0.5, 0.6) is 0 Å². The van der Waals surface area contributed by atoms with Crippen molar-refractivity contribution in [3.05, 3.63) is 40.8 Å². The summed E-state index contributed by atoms with van der Waals surface area (Å²) in [6, 6.07) is 9.50. The number of hydrogen-bond donors (Lipinski definition) is 1. The van der Waals surface area contributed by atoms with E-state index in [1.807, 2.05) is 30.3 Å². The van der Waals surface area contributed by atoms with Crippen LogP contribution < -0.4 is 16.3 Å². The number of nitrogen functional groups attached to an aromatic ring is 1. The number of benzene rings is 1. The molecule has 0 radical (unpaired) electrons. The Morgan fingerprint density at radius 1 is 1.25 bits per heavy atom. The van der Waals surface area contributed by atoms with Gasteiger partial charge < -0.3 is 15.1 Å². The molecule has 3 aromatic rings. The molecule has 20 heavy (non-hydrogen) atoms. The van der Waals surface area contributed by atoms with Crippen molar-refractivity contribution in [1.29, 1.82) is 0 Å². The van der Waals surface area contributed by atoms with E-state index >= 15 is 0 Å². The van der Waals surface area contributed by atoms with E-state index in [2.05, 4.69) is 10.1 Å². The first-order valence-electron chi connectivity index (χ1n) is 6.00. The molecule has 2 aromatic heterocycles. The summed E-state index contributed by atoms with van der Waals surface area (Å²) < 4.78 is 6.59. The van der Waals surface area contributed by atoms with Gasteiger partial charge >= 0.3 is 11.6 Å². The van der Waals surface area contributed by atoms with E-state index in [0.717, 1.165) is 5.69 Å². The molecule has 2 N–H and O–H groups in total. The summed E-state index contributed by atoms with van der Waals surface area (Å²) >= 11 is 0. The summed E-state index contributed by atoms with van der Waals surface area (Å²) in [4.78, 5) is 17.8. The Morgan fingerprint density at radius 2 is 1.95 bits per heavy atom. The number of para-hydroxylation sites is 1. The van der Waals surface area contributed by atoms with Gasteiger partial charge in [-0.05, 0) is 12.1 Å². The number of nitrogens with two attached hydrogens (primary N) is 1. The topological polar surface area (TPSA) is 90.2 Å². The minimum absolute atomic E-state index is 0.194. The van der Waals surface area contributed by atoms with Gasteiger partial charge in [-0.25, -0.2) is 9.48 Å². The quantitative estimate of drug-likeness (QED) is 0.748. The van der Waals surface area contributed by atoms with Crippen LogP contribution in [-0.2, 0) is 0 Å². The minimum atomic E-state index is -0.543. The molecule has 0 saturated carbocycles. The molecule has 0 atom stereocenters. The van der Waals surface area contributed by atoms with Crippen LogP contribution in [0, 0.1) is 0 Å². The molecule has 3 rings (SSSR count). The van der Waals surface area contributed by atoms with Crippen LogP contribution >= 0.6 is 0 Å². The van der Waals surface area contributed by atoms with Crippen LogP contribution in [0.1, 0.15) is 0 Å². The van der Waals surface area contributed by atoms with Gasteiger partial charge in [0.2, 0.25) is 0 Å². The van der Waals surface area contributed by atoms with E-state index in [4.69, 9.17) is 10.2 Å². The van der Waals surface area contributed by atoms with Crippen LogP contribution in [-0.4, -0.2) is 28.9 Å². The first-order chi connectivity index (χ1) is 9.58. The van der Waals surface area contributed by atoms with Gasteiger partial charge in [0.05, 0.1) is 5.69 Å². The van der Waals surface area contributed by atoms with E-state index in [-0.39, 0.29) is 22.9 Å². The van der Waals surface area contributed by atoms with Crippen LogP contribution in [0.2, 0.25) is 0 Å². The van der Waals surface area contributed by atoms with Crippen LogP contribution in [0.3, 0.4) is 0 Å². The van der Waals surface area contributed by atoms with Gasteiger partial charge in [-0.3, -0.25) is 0 Å². The van der Waals surface area contributed by atoms with Crippen molar-refractivity contribution in [2.75, 3.05) is 24.7 Å². The molecule has 0 aliphatic carbocycles. The van der Waals surface area contributed by atoms with Crippen molar-refractivity contribution in [3.63, 3.8) is 0 Å². The highest BCUT2D eigenvalue weighted by atomic mass is 16.4. The highest BCUT2D eigenvalue weighted by Crippen LogP contribution is 2.21. The molecule has 0 aliphatic heterocycles. The van der Waals surface area contributed by atoms with Crippen molar-refractivity contribution in [2.24, 2.45) is 0 Å². The Kier molecular flexibility index (Phi) is 2.67. The molecule has 0 fully saturated rings. The minimum Gasteiger partial charge on any atom is -0.388 e. The Balaban J connectivity index is 2.30. The van der Waals surface area contributed by atoms with Crippen molar-refractivity contribution in [3.8, 4) is 5.69 Å². The molecule has 0 bridgehead atoms. The number of anilines is 2. The fourth-order valence-electron chi connectivity index (χ4n) is 1.90. The third-order valence-corrected chi connectivity index (χ3v) is 2.88. The summed E-state index contributed by atoms with van der Waals surface area (Å²) in [5.74, 6) is 0.220. The van der Waals surface area contributed by atoms with Crippen molar-refractivity contribution >= 4 is 22.9 Å². The molecule has 0 unspecified atom stereocenters. The normalized spacial score (nSPS) is 10.9. The largest absolute Gasteiger partial charge is 0.388 e. The summed E-state index contributed by atoms with van der Waals surface area (Å²) in [6.45, 7) is 0. The fraction of sp³-hybridized carbons (Fsp3) is 0.154. The Labute approximate surface area is 114 Å². The van der Waals surface area contributed by atoms with Gasteiger partial charge in [0.15, 0.2) is 5.65 Å². The van der Waals surface area contributed by atoms with Gasteiger partial charge in [-0.15, -0.1) is 5.10 Å². The average Bonchev–Trinajstić information content (AvgIpc) is 2.77. The van der Waals surface area contributed by atoms with Crippen LogP contribution in [0.4, 0.5) is 11.8 Å². The molecule has 2 heterocycles. The maximum atomic E-state index is 12.0. The molecular formula is C13H13N5O2. The summed E-state index contributed by atoms with van der Waals surface area (Å²) in [7, 11) is 3.46. The highest BCUT2D eigenvalue weighted by molar-refractivity contribution is 5.86. The Morgan fingerprint density at radius 3 is 2.60 bits per heavy atom. The smallest absolute Gasteiger partial charge is 0.353 e. The molecule has 1 aromatic carbocycles. The highest BCUT2D eigenvalue weighted by Gasteiger charge is 2.17. The van der Waals surface area contributed by atoms with Crippen LogP contribution in [0.25, 0.3) is 16.7 Å². The number of aromatic nitrogens is 3. The first kappa shape index (κ1) is 12.2. The number of fused-ring (bicyclic) bond motifs is 1. The SMILES string of the molecule is CN(C)c1nc2nn(-c3ccccc3)c(N)c2c(=O)o1. The predicted octanol–water partition coefficient (Wildman–Crippen LogP) is 1.02. The lowest BCUT2D eigenvalue weighted by Gasteiger charge is -2.06. The number of nitrogens with zero attached hydrogens (tertiary/aromatic N) is 4. The van der Waals surface area contributed by atoms with Gasteiger partial charge in [0.25, 0.3) is 0 Å².